The van der Waals surface area contributed by atoms with Crippen LogP contribution in [0.5, 0.6) is 0 Å². The van der Waals surface area contributed by atoms with E-state index in [1.807, 2.05) is 25.1 Å². The van der Waals surface area contributed by atoms with Crippen molar-refractivity contribution in [1.82, 2.24) is 20.1 Å². The molecule has 2 rings (SSSR count). The maximum absolute atomic E-state index is 9.18. The van der Waals surface area contributed by atoms with Gasteiger partial charge in [-0.2, -0.15) is 0 Å². The van der Waals surface area contributed by atoms with Crippen molar-refractivity contribution in [1.29, 1.82) is 0 Å². The first-order valence-electron chi connectivity index (χ1n) is 3.77. The third-order valence-corrected chi connectivity index (χ3v) is 1.78. The molecule has 2 heterocycles. The summed E-state index contributed by atoms with van der Waals surface area (Å²) in [4.78, 5) is 6.50. The van der Waals surface area contributed by atoms with Gasteiger partial charge in [0.15, 0.2) is 5.52 Å². The molecule has 13 heavy (non-hydrogen) atoms. The summed E-state index contributed by atoms with van der Waals surface area (Å²) in [6.07, 6.45) is 1.60. The van der Waals surface area contributed by atoms with Crippen LogP contribution in [0.3, 0.4) is 0 Å². The van der Waals surface area contributed by atoms with E-state index in [1.165, 1.54) is 0 Å². The monoisotopic (exact) mass is 179 g/mol. The van der Waals surface area contributed by atoms with Gasteiger partial charge in [-0.25, -0.2) is 4.98 Å². The van der Waals surface area contributed by atoms with E-state index in [-0.39, 0.29) is 0 Å². The molecule has 0 spiro atoms. The lowest BCUT2D eigenvalue weighted by Crippen LogP contribution is -2.09. The van der Waals surface area contributed by atoms with E-state index in [9.17, 15) is 5.21 Å². The molecular formula is C7H9N5O. The van der Waals surface area contributed by atoms with Crippen LogP contribution in [0.2, 0.25) is 0 Å². The Morgan fingerprint density at radius 1 is 1.46 bits per heavy atom. The Hall–Kier alpha value is -1.85. The van der Waals surface area contributed by atoms with Crippen LogP contribution in [0.1, 0.15) is 0 Å². The zero-order valence-corrected chi connectivity index (χ0v) is 7.34. The summed E-state index contributed by atoms with van der Waals surface area (Å²) in [6, 6.07) is 1.82. The minimum atomic E-state index is 0.367. The van der Waals surface area contributed by atoms with Gasteiger partial charge in [0, 0.05) is 20.3 Å². The predicted molar refractivity (Wildman–Crippen MR) is 46.8 cm³/mol. The van der Waals surface area contributed by atoms with Gasteiger partial charge in [-0.05, 0) is 11.3 Å². The molecule has 68 valence electrons. The van der Waals surface area contributed by atoms with Crippen molar-refractivity contribution in [3.05, 3.63) is 12.3 Å². The molecular weight excluding hydrogens is 170 g/mol. The molecule has 0 aliphatic heterocycles. The van der Waals surface area contributed by atoms with Gasteiger partial charge in [0.2, 0.25) is 5.65 Å². The first-order valence-corrected chi connectivity index (χ1v) is 3.77. The summed E-state index contributed by atoms with van der Waals surface area (Å²) < 4.78 is 0. The van der Waals surface area contributed by atoms with Crippen LogP contribution in [0, 0.1) is 0 Å². The minimum absolute atomic E-state index is 0.367. The predicted octanol–water partition coefficient (Wildman–Crippen LogP) is 0.130. The van der Waals surface area contributed by atoms with Gasteiger partial charge in [0.05, 0.1) is 5.69 Å². The molecule has 0 atom stereocenters. The third kappa shape index (κ3) is 1.07. The Morgan fingerprint density at radius 2 is 2.23 bits per heavy atom. The number of nitrogens with zero attached hydrogens (tertiary/aromatic N) is 5. The third-order valence-electron chi connectivity index (χ3n) is 1.78. The van der Waals surface area contributed by atoms with Crippen molar-refractivity contribution in [2.24, 2.45) is 0 Å². The Bertz CT molecular complexity index is 435. The summed E-state index contributed by atoms with van der Waals surface area (Å²) in [5.41, 5.74) is 1.84. The van der Waals surface area contributed by atoms with Crippen LogP contribution in [0.25, 0.3) is 11.2 Å². The molecule has 0 amide bonds. The maximum Gasteiger partial charge on any atom is 0.221 e. The Labute approximate surface area is 74.4 Å². The molecule has 6 nitrogen and oxygen atoms in total. The van der Waals surface area contributed by atoms with Crippen LogP contribution in [-0.2, 0) is 0 Å². The number of fused-ring (bicyclic) bond motifs is 1. The van der Waals surface area contributed by atoms with E-state index < -0.39 is 0 Å². The SMILES string of the molecule is CN(C)c1ccnc2c1nnn2O. The number of anilines is 1. The number of hydrogen-bond donors (Lipinski definition) is 1. The number of rotatable bonds is 1. The van der Waals surface area contributed by atoms with E-state index in [0.717, 1.165) is 5.69 Å². The van der Waals surface area contributed by atoms with Gasteiger partial charge in [0.25, 0.3) is 0 Å². The zero-order valence-electron chi connectivity index (χ0n) is 7.34. The molecule has 0 fully saturated rings. The topological polar surface area (TPSA) is 67.1 Å². The van der Waals surface area contributed by atoms with Gasteiger partial charge in [-0.1, -0.05) is 4.85 Å². The highest BCUT2D eigenvalue weighted by Gasteiger charge is 2.09. The lowest BCUT2D eigenvalue weighted by molar-refractivity contribution is 0.153. The standard InChI is InChI=1S/C7H9N5O/c1-11(2)5-3-4-8-7-6(5)9-10-12(7)13/h3-4,13H,1-2H3. The number of hydrogen-bond acceptors (Lipinski definition) is 5. The van der Waals surface area contributed by atoms with E-state index in [2.05, 4.69) is 15.3 Å². The van der Waals surface area contributed by atoms with E-state index in [1.54, 1.807) is 6.20 Å². The molecule has 1 N–H and O–H groups in total. The van der Waals surface area contributed by atoms with Crippen molar-refractivity contribution >= 4 is 16.9 Å². The van der Waals surface area contributed by atoms with Crippen LogP contribution < -0.4 is 4.90 Å². The average Bonchev–Trinajstić information content (AvgIpc) is 2.48. The second-order valence-corrected chi connectivity index (χ2v) is 2.88. The highest BCUT2D eigenvalue weighted by atomic mass is 16.5. The normalized spacial score (nSPS) is 10.6. The highest BCUT2D eigenvalue weighted by Crippen LogP contribution is 2.19. The molecule has 0 aliphatic rings. The fraction of sp³-hybridized carbons (Fsp3) is 0.286. The van der Waals surface area contributed by atoms with Gasteiger partial charge >= 0.3 is 0 Å². The maximum atomic E-state index is 9.18. The van der Waals surface area contributed by atoms with Gasteiger partial charge < -0.3 is 10.1 Å². The molecule has 0 aromatic carbocycles. The Balaban J connectivity index is 2.77. The second kappa shape index (κ2) is 2.58. The summed E-state index contributed by atoms with van der Waals surface area (Å²) in [5, 5.41) is 16.4. The fourth-order valence-electron chi connectivity index (χ4n) is 1.17. The molecule has 0 saturated heterocycles. The van der Waals surface area contributed by atoms with Gasteiger partial charge in [-0.3, -0.25) is 0 Å². The minimum Gasteiger partial charge on any atom is -0.409 e. The van der Waals surface area contributed by atoms with E-state index >= 15 is 0 Å². The zero-order chi connectivity index (χ0) is 9.42. The molecule has 0 radical (unpaired) electrons. The smallest absolute Gasteiger partial charge is 0.221 e. The van der Waals surface area contributed by atoms with Crippen molar-refractivity contribution in [3.8, 4) is 0 Å². The van der Waals surface area contributed by atoms with Crippen molar-refractivity contribution in [2.45, 2.75) is 0 Å². The van der Waals surface area contributed by atoms with Gasteiger partial charge in [0.1, 0.15) is 0 Å². The molecule has 2 aromatic rings. The number of aromatic nitrogens is 4. The fourth-order valence-corrected chi connectivity index (χ4v) is 1.17. The molecule has 6 heteroatoms. The van der Waals surface area contributed by atoms with E-state index in [4.69, 9.17) is 0 Å². The van der Waals surface area contributed by atoms with Crippen LogP contribution in [0.4, 0.5) is 5.69 Å². The molecule has 0 aliphatic carbocycles. The molecule has 2 aromatic heterocycles. The largest absolute Gasteiger partial charge is 0.409 e. The van der Waals surface area contributed by atoms with Crippen LogP contribution in [0.15, 0.2) is 12.3 Å². The summed E-state index contributed by atoms with van der Waals surface area (Å²) >= 11 is 0. The average molecular weight is 179 g/mol. The van der Waals surface area contributed by atoms with E-state index in [0.29, 0.717) is 16.0 Å². The van der Waals surface area contributed by atoms with Crippen molar-refractivity contribution in [2.75, 3.05) is 19.0 Å². The summed E-state index contributed by atoms with van der Waals surface area (Å²) in [6.45, 7) is 0. The molecule has 0 unspecified atom stereocenters. The first kappa shape index (κ1) is 7.78. The number of pyridine rings is 1. The Kier molecular flexibility index (Phi) is 1.54. The van der Waals surface area contributed by atoms with Crippen molar-refractivity contribution in [3.63, 3.8) is 0 Å². The highest BCUT2D eigenvalue weighted by molar-refractivity contribution is 5.84. The molecule has 0 bridgehead atoms. The quantitative estimate of drug-likeness (QED) is 0.630. The first-order chi connectivity index (χ1) is 6.20. The van der Waals surface area contributed by atoms with Gasteiger partial charge in [-0.15, -0.1) is 5.10 Å². The summed E-state index contributed by atoms with van der Waals surface area (Å²) in [7, 11) is 3.79. The second-order valence-electron chi connectivity index (χ2n) is 2.88. The Morgan fingerprint density at radius 3 is 2.92 bits per heavy atom. The molecule has 0 saturated carbocycles. The van der Waals surface area contributed by atoms with Crippen molar-refractivity contribution < 1.29 is 5.21 Å². The lowest BCUT2D eigenvalue weighted by Gasteiger charge is -2.11. The van der Waals surface area contributed by atoms with Crippen LogP contribution >= 0.6 is 0 Å². The summed E-state index contributed by atoms with van der Waals surface area (Å²) in [5.74, 6) is 0. The van der Waals surface area contributed by atoms with Crippen LogP contribution in [-0.4, -0.2) is 39.4 Å². The lowest BCUT2D eigenvalue weighted by atomic mass is 10.3.